The molecule has 0 bridgehead atoms. The number of rotatable bonds is 15. The number of carbonyl (C=O) groups excluding carboxylic acids is 1. The van der Waals surface area contributed by atoms with E-state index in [1.165, 1.54) is 44.9 Å². The van der Waals surface area contributed by atoms with E-state index < -0.39 is 22.0 Å². The Bertz CT molecular complexity index is 409. The minimum absolute atomic E-state index is 0. The standard InChI is InChI=1S/C17H34O5S.Na.H/c1-15(2)12-10-8-6-4-3-5-7-9-11-13-16(18)14-17(19)23(20,21)22;;/h15,17,19H,3-14H2,1-2H3,(H,20,21,22);;. The molecule has 0 aromatic heterocycles. The van der Waals surface area contributed by atoms with Crippen molar-refractivity contribution in [3.63, 3.8) is 0 Å². The van der Waals surface area contributed by atoms with Gasteiger partial charge in [-0.25, -0.2) is 0 Å². The van der Waals surface area contributed by atoms with E-state index >= 15 is 0 Å². The number of aliphatic hydroxyl groups excluding tert-OH is 1. The van der Waals surface area contributed by atoms with Crippen LogP contribution in [-0.4, -0.2) is 58.9 Å². The molecule has 0 fully saturated rings. The van der Waals surface area contributed by atoms with E-state index in [4.69, 9.17) is 9.66 Å². The van der Waals surface area contributed by atoms with Gasteiger partial charge in [0.25, 0.3) is 10.1 Å². The molecule has 0 radical (unpaired) electrons. The first-order valence-electron chi connectivity index (χ1n) is 8.89. The number of ketones is 1. The summed E-state index contributed by atoms with van der Waals surface area (Å²) in [5, 5.41) is 9.09. The summed E-state index contributed by atoms with van der Waals surface area (Å²) in [6.45, 7) is 4.52. The Morgan fingerprint density at radius 3 is 1.71 bits per heavy atom. The molecule has 1 unspecified atom stereocenters. The van der Waals surface area contributed by atoms with Crippen molar-refractivity contribution in [1.82, 2.24) is 0 Å². The van der Waals surface area contributed by atoms with E-state index in [-0.39, 0.29) is 41.8 Å². The first-order valence-corrected chi connectivity index (χ1v) is 10.4. The molecule has 0 saturated heterocycles. The molecular formula is C17H35NaO5S. The Labute approximate surface area is 170 Å². The van der Waals surface area contributed by atoms with Crippen molar-refractivity contribution in [2.45, 2.75) is 96.3 Å². The molecule has 0 aliphatic carbocycles. The first kappa shape index (κ1) is 26.8. The van der Waals surface area contributed by atoms with E-state index in [0.29, 0.717) is 6.42 Å². The summed E-state index contributed by atoms with van der Waals surface area (Å²) in [7, 11) is -4.52. The fourth-order valence-electron chi connectivity index (χ4n) is 2.51. The van der Waals surface area contributed by atoms with Crippen molar-refractivity contribution in [2.24, 2.45) is 5.92 Å². The molecule has 0 rings (SSSR count). The van der Waals surface area contributed by atoms with Crippen molar-refractivity contribution in [2.75, 3.05) is 0 Å². The van der Waals surface area contributed by atoms with Gasteiger partial charge in [0.2, 0.25) is 0 Å². The summed E-state index contributed by atoms with van der Waals surface area (Å²) < 4.78 is 29.8. The second-order valence-corrected chi connectivity index (χ2v) is 8.40. The van der Waals surface area contributed by atoms with Gasteiger partial charge in [-0.05, 0) is 12.3 Å². The van der Waals surface area contributed by atoms with Crippen LogP contribution < -0.4 is 0 Å². The summed E-state index contributed by atoms with van der Waals surface area (Å²) in [4.78, 5) is 11.4. The predicted octanol–water partition coefficient (Wildman–Crippen LogP) is 3.45. The second kappa shape index (κ2) is 15.8. The summed E-state index contributed by atoms with van der Waals surface area (Å²) in [5.74, 6) is 0.483. The number of aliphatic hydroxyl groups is 1. The first-order chi connectivity index (χ1) is 10.7. The van der Waals surface area contributed by atoms with E-state index in [0.717, 1.165) is 18.8 Å². The van der Waals surface area contributed by atoms with Crippen molar-refractivity contribution in [1.29, 1.82) is 0 Å². The second-order valence-electron chi connectivity index (χ2n) is 6.83. The molecule has 0 heterocycles. The van der Waals surface area contributed by atoms with Crippen LogP contribution in [0.4, 0.5) is 0 Å². The van der Waals surface area contributed by atoms with Crippen LogP contribution in [0.3, 0.4) is 0 Å². The molecule has 5 nitrogen and oxygen atoms in total. The molecule has 0 aromatic rings. The van der Waals surface area contributed by atoms with Crippen molar-refractivity contribution < 1.29 is 22.9 Å². The molecule has 1 atom stereocenters. The molecule has 0 aliphatic heterocycles. The van der Waals surface area contributed by atoms with Crippen LogP contribution in [0, 0.1) is 5.92 Å². The van der Waals surface area contributed by atoms with Gasteiger partial charge < -0.3 is 5.11 Å². The van der Waals surface area contributed by atoms with E-state index in [9.17, 15) is 13.2 Å². The zero-order valence-corrected chi connectivity index (χ0v) is 15.5. The van der Waals surface area contributed by atoms with Crippen molar-refractivity contribution in [3.8, 4) is 0 Å². The quantitative estimate of drug-likeness (QED) is 0.260. The third kappa shape index (κ3) is 17.4. The third-order valence-corrected chi connectivity index (χ3v) is 4.84. The number of unbranched alkanes of at least 4 members (excludes halogenated alkanes) is 8. The molecule has 0 spiro atoms. The number of hydrogen-bond acceptors (Lipinski definition) is 4. The summed E-state index contributed by atoms with van der Waals surface area (Å²) >= 11 is 0. The van der Waals surface area contributed by atoms with Crippen LogP contribution in [0.15, 0.2) is 0 Å². The van der Waals surface area contributed by atoms with Crippen LogP contribution in [-0.2, 0) is 14.9 Å². The topological polar surface area (TPSA) is 91.7 Å². The number of carbonyl (C=O) groups is 1. The third-order valence-electron chi connectivity index (χ3n) is 3.98. The van der Waals surface area contributed by atoms with Crippen molar-refractivity contribution in [3.05, 3.63) is 0 Å². The molecule has 0 saturated carbocycles. The van der Waals surface area contributed by atoms with Gasteiger partial charge in [-0.15, -0.1) is 0 Å². The molecule has 2 N–H and O–H groups in total. The van der Waals surface area contributed by atoms with Crippen molar-refractivity contribution >= 4 is 45.5 Å². The molecule has 0 aromatic carbocycles. The van der Waals surface area contributed by atoms with Gasteiger partial charge in [0.1, 0.15) is 5.78 Å². The van der Waals surface area contributed by atoms with Gasteiger partial charge in [0.05, 0.1) is 0 Å². The molecule has 0 aliphatic rings. The monoisotopic (exact) mass is 374 g/mol. The van der Waals surface area contributed by atoms with E-state index in [1.807, 2.05) is 0 Å². The van der Waals surface area contributed by atoms with Crippen LogP contribution in [0.5, 0.6) is 0 Å². The molecule has 24 heavy (non-hydrogen) atoms. The minimum atomic E-state index is -4.52. The van der Waals surface area contributed by atoms with E-state index in [1.54, 1.807) is 0 Å². The fourth-order valence-corrected chi connectivity index (χ4v) is 2.91. The van der Waals surface area contributed by atoms with Crippen LogP contribution in [0.2, 0.25) is 0 Å². The Hall–Kier alpha value is 0.540. The van der Waals surface area contributed by atoms with Crippen LogP contribution in [0.25, 0.3) is 0 Å². The summed E-state index contributed by atoms with van der Waals surface area (Å²) in [5.41, 5.74) is -1.98. The maximum absolute atomic E-state index is 11.4. The Balaban J connectivity index is 0. The molecule has 0 amide bonds. The SMILES string of the molecule is CC(C)CCCCCCCCCCCC(=O)CC(O)S(=O)(=O)O.[NaH]. The zero-order valence-electron chi connectivity index (χ0n) is 14.7. The van der Waals surface area contributed by atoms with Gasteiger partial charge in [-0.2, -0.15) is 8.42 Å². The van der Waals surface area contributed by atoms with Gasteiger partial charge >= 0.3 is 29.6 Å². The number of hydrogen-bond donors (Lipinski definition) is 2. The van der Waals surface area contributed by atoms with E-state index in [2.05, 4.69) is 13.8 Å². The van der Waals surface area contributed by atoms with Crippen LogP contribution in [0.1, 0.15) is 90.9 Å². The zero-order chi connectivity index (χ0) is 17.7. The Morgan fingerprint density at radius 1 is 0.875 bits per heavy atom. The molecule has 140 valence electrons. The predicted molar refractivity (Wildman–Crippen MR) is 100.0 cm³/mol. The summed E-state index contributed by atoms with van der Waals surface area (Å²) in [6.07, 6.45) is 11.4. The Kier molecular flexibility index (Phi) is 17.6. The Morgan fingerprint density at radius 2 is 1.29 bits per heavy atom. The average Bonchev–Trinajstić information content (AvgIpc) is 2.43. The summed E-state index contributed by atoms with van der Waals surface area (Å²) in [6, 6.07) is 0. The van der Waals surface area contributed by atoms with Gasteiger partial charge in [0.15, 0.2) is 5.44 Å². The normalized spacial score (nSPS) is 12.9. The van der Waals surface area contributed by atoms with Gasteiger partial charge in [-0.1, -0.05) is 71.6 Å². The fraction of sp³-hybridized carbons (Fsp3) is 0.941. The molecular weight excluding hydrogens is 339 g/mol. The maximum atomic E-state index is 11.4. The van der Waals surface area contributed by atoms with Crippen LogP contribution >= 0.6 is 0 Å². The average molecular weight is 375 g/mol. The van der Waals surface area contributed by atoms with Gasteiger partial charge in [-0.3, -0.25) is 9.35 Å². The number of Topliss-reactive ketones (excluding diaryl/α,β-unsaturated/α-hetero) is 1. The van der Waals surface area contributed by atoms with Gasteiger partial charge in [0, 0.05) is 12.8 Å². The molecule has 7 heteroatoms.